The van der Waals surface area contributed by atoms with E-state index in [9.17, 15) is 0 Å². The third-order valence-corrected chi connectivity index (χ3v) is 11.7. The van der Waals surface area contributed by atoms with Crippen LogP contribution in [-0.2, 0) is 0 Å². The molecule has 2 aromatic heterocycles. The van der Waals surface area contributed by atoms with Crippen LogP contribution in [0.15, 0.2) is 209 Å². The number of hydrogen-bond donors (Lipinski definition) is 0. The fourth-order valence-corrected chi connectivity index (χ4v) is 8.91. The summed E-state index contributed by atoms with van der Waals surface area (Å²) in [6.45, 7) is 0. The van der Waals surface area contributed by atoms with Crippen molar-refractivity contribution in [1.29, 1.82) is 0 Å². The summed E-state index contributed by atoms with van der Waals surface area (Å²) >= 11 is 0. The van der Waals surface area contributed by atoms with Gasteiger partial charge in [-0.3, -0.25) is 0 Å². The van der Waals surface area contributed by atoms with Crippen LogP contribution < -0.4 is 4.90 Å². The van der Waals surface area contributed by atoms with Gasteiger partial charge in [-0.05, 0) is 98.2 Å². The number of nitrogens with zero attached hydrogens (tertiary/aromatic N) is 1. The van der Waals surface area contributed by atoms with Crippen molar-refractivity contribution < 1.29 is 8.83 Å². The van der Waals surface area contributed by atoms with Crippen LogP contribution in [0, 0.1) is 0 Å². The molecule has 0 fully saturated rings. The maximum absolute atomic E-state index is 6.67. The summed E-state index contributed by atoms with van der Waals surface area (Å²) in [5.74, 6) is 0. The summed E-state index contributed by atoms with van der Waals surface area (Å²) < 4.78 is 13.1. The molecule has 0 amide bonds. The van der Waals surface area contributed by atoms with Crippen molar-refractivity contribution in [2.75, 3.05) is 4.90 Å². The van der Waals surface area contributed by atoms with Crippen LogP contribution in [0.1, 0.15) is 0 Å². The van der Waals surface area contributed by atoms with Crippen LogP contribution in [0.5, 0.6) is 0 Å². The second-order valence-corrected chi connectivity index (χ2v) is 14.8. The van der Waals surface area contributed by atoms with Gasteiger partial charge in [-0.25, -0.2) is 0 Å². The standard InChI is InChI=1S/C54H33NO2/c1-3-11-42-35(9-1)19-20-39-33-38(26-31-43(39)42)34-21-27-40(28-22-34)55(49-16-8-18-51-52(49)48-32-25-36-10-2-4-12-44(36)54(48)57-51)41-29-23-37(24-30-41)45-14-7-15-47-46-13-5-6-17-50(46)56-53(45)47/h1-33H. The molecule has 12 aromatic rings. The molecule has 0 atom stereocenters. The highest BCUT2D eigenvalue weighted by Gasteiger charge is 2.21. The van der Waals surface area contributed by atoms with Crippen LogP contribution in [0.3, 0.4) is 0 Å². The fraction of sp³-hybridized carbons (Fsp3) is 0. The lowest BCUT2D eigenvalue weighted by atomic mass is 9.97. The van der Waals surface area contributed by atoms with E-state index in [1.54, 1.807) is 0 Å². The smallest absolute Gasteiger partial charge is 0.143 e. The molecule has 0 aliphatic heterocycles. The van der Waals surface area contributed by atoms with Crippen molar-refractivity contribution >= 4 is 93.3 Å². The lowest BCUT2D eigenvalue weighted by molar-refractivity contribution is 0.670. The third kappa shape index (κ3) is 4.99. The van der Waals surface area contributed by atoms with Gasteiger partial charge in [0.25, 0.3) is 0 Å². The third-order valence-electron chi connectivity index (χ3n) is 11.7. The number of anilines is 3. The average molecular weight is 728 g/mol. The normalized spacial score (nSPS) is 11.9. The molecule has 0 spiro atoms. The van der Waals surface area contributed by atoms with Crippen LogP contribution in [0.25, 0.3) is 98.4 Å². The van der Waals surface area contributed by atoms with Gasteiger partial charge in [-0.1, -0.05) is 146 Å². The van der Waals surface area contributed by atoms with Crippen molar-refractivity contribution in [2.45, 2.75) is 0 Å². The number of fused-ring (bicyclic) bond motifs is 11. The summed E-state index contributed by atoms with van der Waals surface area (Å²) in [7, 11) is 0. The molecule has 0 bridgehead atoms. The van der Waals surface area contributed by atoms with Crippen LogP contribution in [0.4, 0.5) is 17.1 Å². The predicted octanol–water partition coefficient (Wildman–Crippen LogP) is 15.7. The zero-order valence-electron chi connectivity index (χ0n) is 30.8. The second kappa shape index (κ2) is 12.5. The molecule has 0 aliphatic carbocycles. The molecule has 57 heavy (non-hydrogen) atoms. The summed E-state index contributed by atoms with van der Waals surface area (Å²) in [4.78, 5) is 2.36. The molecule has 12 rings (SSSR count). The van der Waals surface area contributed by atoms with Gasteiger partial charge in [0, 0.05) is 38.5 Å². The molecular weight excluding hydrogens is 695 g/mol. The molecule has 0 saturated carbocycles. The van der Waals surface area contributed by atoms with Gasteiger partial charge < -0.3 is 13.7 Å². The second-order valence-electron chi connectivity index (χ2n) is 14.8. The molecule has 0 aliphatic rings. The average Bonchev–Trinajstić information content (AvgIpc) is 3.86. The Hall–Kier alpha value is -7.62. The fourth-order valence-electron chi connectivity index (χ4n) is 8.91. The molecule has 0 unspecified atom stereocenters. The van der Waals surface area contributed by atoms with E-state index in [1.165, 1.54) is 32.7 Å². The topological polar surface area (TPSA) is 29.5 Å². The van der Waals surface area contributed by atoms with Crippen molar-refractivity contribution in [3.63, 3.8) is 0 Å². The summed E-state index contributed by atoms with van der Waals surface area (Å²) in [5.41, 5.74) is 11.3. The molecule has 2 heterocycles. The first kappa shape index (κ1) is 31.7. The van der Waals surface area contributed by atoms with Crippen LogP contribution in [-0.4, -0.2) is 0 Å². The largest absolute Gasteiger partial charge is 0.455 e. The van der Waals surface area contributed by atoms with Gasteiger partial charge in [0.05, 0.1) is 11.1 Å². The van der Waals surface area contributed by atoms with E-state index in [0.29, 0.717) is 0 Å². The van der Waals surface area contributed by atoms with Gasteiger partial charge in [0.15, 0.2) is 0 Å². The minimum Gasteiger partial charge on any atom is -0.455 e. The van der Waals surface area contributed by atoms with Crippen molar-refractivity contribution in [2.24, 2.45) is 0 Å². The number of benzene rings is 10. The van der Waals surface area contributed by atoms with Crippen LogP contribution >= 0.6 is 0 Å². The first-order valence-electron chi connectivity index (χ1n) is 19.4. The molecule has 0 saturated heterocycles. The molecule has 10 aromatic carbocycles. The number of para-hydroxylation sites is 2. The summed E-state index contributed by atoms with van der Waals surface area (Å²) in [6, 6.07) is 71.5. The van der Waals surface area contributed by atoms with E-state index < -0.39 is 0 Å². The Kier molecular flexibility index (Phi) is 6.93. The van der Waals surface area contributed by atoms with Crippen LogP contribution in [0.2, 0.25) is 0 Å². The lowest BCUT2D eigenvalue weighted by Gasteiger charge is -2.26. The first-order valence-corrected chi connectivity index (χ1v) is 19.4. The summed E-state index contributed by atoms with van der Waals surface area (Å²) in [6.07, 6.45) is 0. The Morgan fingerprint density at radius 2 is 0.877 bits per heavy atom. The first-order chi connectivity index (χ1) is 28.2. The Morgan fingerprint density at radius 3 is 1.70 bits per heavy atom. The van der Waals surface area contributed by atoms with E-state index in [2.05, 4.69) is 193 Å². The van der Waals surface area contributed by atoms with E-state index in [4.69, 9.17) is 8.83 Å². The Labute approximate surface area is 328 Å². The van der Waals surface area contributed by atoms with E-state index >= 15 is 0 Å². The highest BCUT2D eigenvalue weighted by molar-refractivity contribution is 6.19. The van der Waals surface area contributed by atoms with E-state index in [-0.39, 0.29) is 0 Å². The number of hydrogen-bond acceptors (Lipinski definition) is 3. The molecule has 3 nitrogen and oxygen atoms in total. The Morgan fingerprint density at radius 1 is 0.316 bits per heavy atom. The zero-order valence-corrected chi connectivity index (χ0v) is 30.8. The van der Waals surface area contributed by atoms with Crippen molar-refractivity contribution in [3.05, 3.63) is 200 Å². The zero-order chi connectivity index (χ0) is 37.5. The Bertz CT molecular complexity index is 3520. The predicted molar refractivity (Wildman–Crippen MR) is 239 cm³/mol. The number of rotatable bonds is 5. The monoisotopic (exact) mass is 727 g/mol. The van der Waals surface area contributed by atoms with Gasteiger partial charge >= 0.3 is 0 Å². The maximum atomic E-state index is 6.67. The molecule has 266 valence electrons. The molecule has 0 N–H and O–H groups in total. The van der Waals surface area contributed by atoms with E-state index in [0.717, 1.165) is 82.8 Å². The van der Waals surface area contributed by atoms with Crippen molar-refractivity contribution in [1.82, 2.24) is 0 Å². The lowest BCUT2D eigenvalue weighted by Crippen LogP contribution is -2.10. The summed E-state index contributed by atoms with van der Waals surface area (Å²) in [5, 5.41) is 11.8. The number of furan rings is 2. The SMILES string of the molecule is c1ccc2c(c1)ccc1cc(-c3ccc(N(c4ccc(-c5cccc6c5oc5ccccc56)cc4)c4cccc5oc6c7ccccc7ccc6c45)cc3)ccc12. The molecule has 3 heteroatoms. The minimum atomic E-state index is 0.859. The van der Waals surface area contributed by atoms with Gasteiger partial charge in [-0.2, -0.15) is 0 Å². The maximum Gasteiger partial charge on any atom is 0.143 e. The highest BCUT2D eigenvalue weighted by atomic mass is 16.3. The van der Waals surface area contributed by atoms with Crippen molar-refractivity contribution in [3.8, 4) is 22.3 Å². The van der Waals surface area contributed by atoms with E-state index in [1.807, 2.05) is 12.1 Å². The quantitative estimate of drug-likeness (QED) is 0.165. The Balaban J connectivity index is 1.01. The van der Waals surface area contributed by atoms with Gasteiger partial charge in [-0.15, -0.1) is 0 Å². The minimum absolute atomic E-state index is 0.859. The van der Waals surface area contributed by atoms with Gasteiger partial charge in [0.1, 0.15) is 22.3 Å². The molecular formula is C54H33NO2. The molecule has 0 radical (unpaired) electrons. The van der Waals surface area contributed by atoms with Gasteiger partial charge in [0.2, 0.25) is 0 Å². The highest BCUT2D eigenvalue weighted by Crippen LogP contribution is 2.45.